The van der Waals surface area contributed by atoms with Gasteiger partial charge in [-0.05, 0) is 69.0 Å². The van der Waals surface area contributed by atoms with Gasteiger partial charge in [-0.3, -0.25) is 14.2 Å². The SMILES string of the molecule is COc1ccc(CCNC(=O)Cn2c(CN(C)C)nc3sc4c(c3c2=O)CCC(C)C4)cc1OC. The third kappa shape index (κ3) is 5.51. The smallest absolute Gasteiger partial charge is 0.263 e. The molecule has 0 aliphatic heterocycles. The van der Waals surface area contributed by atoms with Crippen LogP contribution in [0, 0.1) is 5.92 Å². The zero-order valence-corrected chi connectivity index (χ0v) is 22.0. The maximum absolute atomic E-state index is 13.6. The fraction of sp³-hybridized carbons (Fsp3) is 0.500. The summed E-state index contributed by atoms with van der Waals surface area (Å²) in [6, 6.07) is 5.71. The van der Waals surface area contributed by atoms with E-state index in [1.165, 1.54) is 4.88 Å². The van der Waals surface area contributed by atoms with Crippen molar-refractivity contribution in [3.63, 3.8) is 0 Å². The zero-order valence-electron chi connectivity index (χ0n) is 21.1. The van der Waals surface area contributed by atoms with Gasteiger partial charge in [-0.1, -0.05) is 13.0 Å². The molecule has 1 aliphatic carbocycles. The number of ether oxygens (including phenoxy) is 2. The highest BCUT2D eigenvalue weighted by atomic mass is 32.1. The summed E-state index contributed by atoms with van der Waals surface area (Å²) in [5.41, 5.74) is 2.06. The molecule has 2 aromatic heterocycles. The average Bonchev–Trinajstić information content (AvgIpc) is 3.18. The van der Waals surface area contributed by atoms with E-state index in [0.29, 0.717) is 48.1 Å². The Kier molecular flexibility index (Phi) is 7.76. The van der Waals surface area contributed by atoms with Crippen molar-refractivity contribution in [3.8, 4) is 11.5 Å². The molecule has 2 heterocycles. The van der Waals surface area contributed by atoms with E-state index in [1.54, 1.807) is 30.1 Å². The lowest BCUT2D eigenvalue weighted by Crippen LogP contribution is -2.36. The molecular weight excluding hydrogens is 464 g/mol. The second kappa shape index (κ2) is 10.8. The van der Waals surface area contributed by atoms with Crippen molar-refractivity contribution in [2.45, 2.75) is 45.7 Å². The molecule has 8 nitrogen and oxygen atoms in total. The van der Waals surface area contributed by atoms with Gasteiger partial charge in [-0.2, -0.15) is 0 Å². The topological polar surface area (TPSA) is 85.7 Å². The number of benzene rings is 1. The van der Waals surface area contributed by atoms with Crippen LogP contribution in [0.1, 0.15) is 35.2 Å². The lowest BCUT2D eigenvalue weighted by atomic mass is 9.89. The summed E-state index contributed by atoms with van der Waals surface area (Å²) in [6.45, 7) is 3.15. The summed E-state index contributed by atoms with van der Waals surface area (Å²) in [5, 5.41) is 3.66. The maximum Gasteiger partial charge on any atom is 0.263 e. The number of amides is 1. The number of hydrogen-bond donors (Lipinski definition) is 1. The number of hydrogen-bond acceptors (Lipinski definition) is 7. The maximum atomic E-state index is 13.6. The molecule has 0 saturated heterocycles. The summed E-state index contributed by atoms with van der Waals surface area (Å²) in [6.07, 6.45) is 3.61. The number of thiophene rings is 1. The van der Waals surface area contributed by atoms with Gasteiger partial charge < -0.3 is 19.7 Å². The minimum Gasteiger partial charge on any atom is -0.493 e. The number of carbonyl (C=O) groups is 1. The van der Waals surface area contributed by atoms with Crippen LogP contribution in [0.2, 0.25) is 0 Å². The van der Waals surface area contributed by atoms with Crippen LogP contribution >= 0.6 is 11.3 Å². The molecule has 3 aromatic rings. The Labute approximate surface area is 209 Å². The van der Waals surface area contributed by atoms with Crippen molar-refractivity contribution in [1.82, 2.24) is 19.8 Å². The lowest BCUT2D eigenvalue weighted by molar-refractivity contribution is -0.121. The van der Waals surface area contributed by atoms with Gasteiger partial charge in [-0.25, -0.2) is 4.98 Å². The number of nitrogens with zero attached hydrogens (tertiary/aromatic N) is 3. The van der Waals surface area contributed by atoms with Crippen LogP contribution in [0.5, 0.6) is 11.5 Å². The van der Waals surface area contributed by atoms with Crippen LogP contribution < -0.4 is 20.3 Å². The molecule has 35 heavy (non-hydrogen) atoms. The fourth-order valence-electron chi connectivity index (χ4n) is 4.61. The number of aromatic nitrogens is 2. The Morgan fingerprint density at radius 2 is 2.03 bits per heavy atom. The van der Waals surface area contributed by atoms with Gasteiger partial charge in [0.1, 0.15) is 17.2 Å². The normalized spacial score (nSPS) is 15.3. The minimum absolute atomic E-state index is 0.0437. The highest BCUT2D eigenvalue weighted by Gasteiger charge is 2.25. The van der Waals surface area contributed by atoms with Gasteiger partial charge in [0.2, 0.25) is 5.91 Å². The average molecular weight is 499 g/mol. The Balaban J connectivity index is 1.53. The van der Waals surface area contributed by atoms with Crippen molar-refractivity contribution in [3.05, 3.63) is 50.4 Å². The van der Waals surface area contributed by atoms with Gasteiger partial charge in [0, 0.05) is 11.4 Å². The third-order valence-electron chi connectivity index (χ3n) is 6.44. The highest BCUT2D eigenvalue weighted by Crippen LogP contribution is 2.36. The predicted molar refractivity (Wildman–Crippen MR) is 139 cm³/mol. The first-order chi connectivity index (χ1) is 16.8. The number of rotatable bonds is 9. The first-order valence-electron chi connectivity index (χ1n) is 12.0. The van der Waals surface area contributed by atoms with Crippen molar-refractivity contribution < 1.29 is 14.3 Å². The first-order valence-corrected chi connectivity index (χ1v) is 12.8. The monoisotopic (exact) mass is 498 g/mol. The van der Waals surface area contributed by atoms with E-state index in [2.05, 4.69) is 12.2 Å². The molecule has 0 saturated carbocycles. The van der Waals surface area contributed by atoms with Gasteiger partial charge >= 0.3 is 0 Å². The molecule has 1 amide bonds. The molecule has 1 aliphatic rings. The second-order valence-electron chi connectivity index (χ2n) is 9.48. The first kappa shape index (κ1) is 25.2. The molecule has 1 unspecified atom stereocenters. The van der Waals surface area contributed by atoms with Crippen LogP contribution in [0.25, 0.3) is 10.2 Å². The predicted octanol–water partition coefficient (Wildman–Crippen LogP) is 3.02. The molecule has 4 rings (SSSR count). The van der Waals surface area contributed by atoms with Crippen LogP contribution in [-0.2, 0) is 37.1 Å². The number of methoxy groups -OCH3 is 2. The Hall–Kier alpha value is -2.91. The lowest BCUT2D eigenvalue weighted by Gasteiger charge is -2.18. The highest BCUT2D eigenvalue weighted by molar-refractivity contribution is 7.18. The van der Waals surface area contributed by atoms with Crippen LogP contribution in [0.15, 0.2) is 23.0 Å². The zero-order chi connectivity index (χ0) is 25.1. The molecule has 1 atom stereocenters. The molecule has 188 valence electrons. The molecular formula is C26H34N4O4S. The van der Waals surface area contributed by atoms with E-state index in [0.717, 1.165) is 35.2 Å². The summed E-state index contributed by atoms with van der Waals surface area (Å²) in [4.78, 5) is 35.4. The quantitative estimate of drug-likeness (QED) is 0.488. The van der Waals surface area contributed by atoms with Crippen LogP contribution in [0.4, 0.5) is 0 Å². The Morgan fingerprint density at radius 1 is 1.26 bits per heavy atom. The summed E-state index contributed by atoms with van der Waals surface area (Å²) in [5.74, 6) is 2.36. The molecule has 9 heteroatoms. The summed E-state index contributed by atoms with van der Waals surface area (Å²) >= 11 is 1.64. The largest absolute Gasteiger partial charge is 0.493 e. The van der Waals surface area contributed by atoms with Crippen molar-refractivity contribution in [2.24, 2.45) is 5.92 Å². The summed E-state index contributed by atoms with van der Waals surface area (Å²) in [7, 11) is 7.07. The van der Waals surface area contributed by atoms with Crippen LogP contribution in [-0.4, -0.2) is 55.2 Å². The van der Waals surface area contributed by atoms with E-state index in [-0.39, 0.29) is 18.0 Å². The van der Waals surface area contributed by atoms with E-state index < -0.39 is 0 Å². The van der Waals surface area contributed by atoms with Gasteiger partial charge in [0.25, 0.3) is 5.56 Å². The van der Waals surface area contributed by atoms with Gasteiger partial charge in [0.05, 0.1) is 26.2 Å². The number of fused-ring (bicyclic) bond motifs is 3. The molecule has 0 fully saturated rings. The molecule has 0 radical (unpaired) electrons. The van der Waals surface area contributed by atoms with Crippen molar-refractivity contribution in [1.29, 1.82) is 0 Å². The standard InChI is InChI=1S/C26H34N4O4S/c1-16-6-8-18-21(12-16)35-25-24(18)26(32)30(22(28-25)14-29(2)3)15-23(31)27-11-10-17-7-9-19(33-4)20(13-17)34-5/h7,9,13,16H,6,8,10-12,14-15H2,1-5H3,(H,27,31). The Morgan fingerprint density at radius 3 is 2.74 bits per heavy atom. The van der Waals surface area contributed by atoms with Crippen LogP contribution in [0.3, 0.4) is 0 Å². The van der Waals surface area contributed by atoms with Gasteiger partial charge in [0.15, 0.2) is 11.5 Å². The van der Waals surface area contributed by atoms with E-state index >= 15 is 0 Å². The third-order valence-corrected chi connectivity index (χ3v) is 7.59. The minimum atomic E-state index is -0.202. The molecule has 0 bridgehead atoms. The van der Waals surface area contributed by atoms with Crippen molar-refractivity contribution in [2.75, 3.05) is 34.9 Å². The number of nitrogens with one attached hydrogen (secondary N) is 1. The van der Waals surface area contributed by atoms with E-state index in [1.807, 2.05) is 37.2 Å². The second-order valence-corrected chi connectivity index (χ2v) is 10.6. The number of aryl methyl sites for hydroxylation is 1. The van der Waals surface area contributed by atoms with E-state index in [4.69, 9.17) is 14.5 Å². The molecule has 1 aromatic carbocycles. The van der Waals surface area contributed by atoms with E-state index in [9.17, 15) is 9.59 Å². The Bertz CT molecular complexity index is 1280. The summed E-state index contributed by atoms with van der Waals surface area (Å²) < 4.78 is 12.2. The molecule has 0 spiro atoms. The van der Waals surface area contributed by atoms with Gasteiger partial charge in [-0.15, -0.1) is 11.3 Å². The fourth-order valence-corrected chi connectivity index (χ4v) is 6.01. The molecule has 1 N–H and O–H groups in total. The van der Waals surface area contributed by atoms with Crippen molar-refractivity contribution >= 4 is 27.5 Å². The number of carbonyl (C=O) groups excluding carboxylic acids is 1.